The number of carbonyl (C=O) groups is 2. The average Bonchev–Trinajstić information content (AvgIpc) is 2.84. The predicted molar refractivity (Wildman–Crippen MR) is 80.9 cm³/mol. The molecule has 2 aliphatic rings. The number of carboxylic acid groups (broad SMARTS) is 1. The van der Waals surface area contributed by atoms with E-state index in [0.29, 0.717) is 32.0 Å². The molecule has 2 aliphatic heterocycles. The number of amides is 1. The molecule has 0 aromatic rings. The molecule has 0 spiro atoms. The van der Waals surface area contributed by atoms with Crippen LogP contribution in [0, 0.1) is 17.3 Å². The summed E-state index contributed by atoms with van der Waals surface area (Å²) in [5, 5.41) is 9.55. The molecule has 2 saturated heterocycles. The molecule has 2 fully saturated rings. The minimum Gasteiger partial charge on any atom is -0.481 e. The smallest absolute Gasteiger partial charge is 0.311 e. The van der Waals surface area contributed by atoms with Gasteiger partial charge in [0.2, 0.25) is 5.91 Å². The van der Waals surface area contributed by atoms with Crippen molar-refractivity contribution in [3.8, 4) is 0 Å². The van der Waals surface area contributed by atoms with Crippen molar-refractivity contribution in [3.63, 3.8) is 0 Å². The van der Waals surface area contributed by atoms with Crippen molar-refractivity contribution >= 4 is 11.9 Å². The SMILES string of the molecule is CC1CCCN(C(=O)CN2CCC(C(=O)O)(C(C)C)C2)C1. The van der Waals surface area contributed by atoms with Gasteiger partial charge in [-0.25, -0.2) is 0 Å². The topological polar surface area (TPSA) is 60.9 Å². The number of carbonyl (C=O) groups excluding carboxylic acids is 1. The van der Waals surface area contributed by atoms with Gasteiger partial charge >= 0.3 is 5.97 Å². The van der Waals surface area contributed by atoms with Crippen LogP contribution < -0.4 is 0 Å². The minimum atomic E-state index is -0.723. The van der Waals surface area contributed by atoms with Crippen LogP contribution in [0.4, 0.5) is 0 Å². The number of nitrogens with zero attached hydrogens (tertiary/aromatic N) is 2. The summed E-state index contributed by atoms with van der Waals surface area (Å²) in [6, 6.07) is 0. The highest BCUT2D eigenvalue weighted by Gasteiger charge is 2.47. The van der Waals surface area contributed by atoms with Crippen LogP contribution in [0.15, 0.2) is 0 Å². The zero-order valence-corrected chi connectivity index (χ0v) is 13.5. The van der Waals surface area contributed by atoms with Crippen molar-refractivity contribution in [2.24, 2.45) is 17.3 Å². The standard InChI is InChI=1S/C16H28N2O3/c1-12(2)16(15(20)21)6-8-17(11-16)10-14(19)18-7-4-5-13(3)9-18/h12-13H,4-11H2,1-3H3,(H,20,21). The number of piperidine rings is 1. The molecular formula is C16H28N2O3. The van der Waals surface area contributed by atoms with Crippen molar-refractivity contribution in [1.82, 2.24) is 9.80 Å². The number of carboxylic acids is 1. The average molecular weight is 296 g/mol. The Morgan fingerprint density at radius 1 is 1.33 bits per heavy atom. The van der Waals surface area contributed by atoms with E-state index in [4.69, 9.17) is 0 Å². The normalized spacial score (nSPS) is 30.9. The summed E-state index contributed by atoms with van der Waals surface area (Å²) >= 11 is 0. The maximum atomic E-state index is 12.4. The highest BCUT2D eigenvalue weighted by molar-refractivity contribution is 5.79. The van der Waals surface area contributed by atoms with Gasteiger partial charge in [0, 0.05) is 19.6 Å². The zero-order chi connectivity index (χ0) is 15.6. The summed E-state index contributed by atoms with van der Waals surface area (Å²) in [7, 11) is 0. The number of likely N-dealkylation sites (tertiary alicyclic amines) is 2. The number of rotatable bonds is 4. The molecule has 0 bridgehead atoms. The molecule has 2 unspecified atom stereocenters. The maximum Gasteiger partial charge on any atom is 0.311 e. The Hall–Kier alpha value is -1.10. The quantitative estimate of drug-likeness (QED) is 0.857. The van der Waals surface area contributed by atoms with Gasteiger partial charge in [0.1, 0.15) is 0 Å². The Morgan fingerprint density at radius 2 is 2.05 bits per heavy atom. The third-order valence-corrected chi connectivity index (χ3v) is 5.28. The summed E-state index contributed by atoms with van der Waals surface area (Å²) < 4.78 is 0. The molecule has 5 heteroatoms. The lowest BCUT2D eigenvalue weighted by Gasteiger charge is -2.33. The molecule has 2 atom stereocenters. The summed E-state index contributed by atoms with van der Waals surface area (Å²) in [6.45, 7) is 9.39. The van der Waals surface area contributed by atoms with Crippen molar-refractivity contribution in [1.29, 1.82) is 0 Å². The lowest BCUT2D eigenvalue weighted by molar-refractivity contribution is -0.151. The van der Waals surface area contributed by atoms with Gasteiger partial charge in [-0.1, -0.05) is 20.8 Å². The van der Waals surface area contributed by atoms with Crippen molar-refractivity contribution in [2.75, 3.05) is 32.7 Å². The highest BCUT2D eigenvalue weighted by atomic mass is 16.4. The first kappa shape index (κ1) is 16.3. The van der Waals surface area contributed by atoms with Gasteiger partial charge in [-0.15, -0.1) is 0 Å². The van der Waals surface area contributed by atoms with Crippen LogP contribution in [0.25, 0.3) is 0 Å². The summed E-state index contributed by atoms with van der Waals surface area (Å²) in [4.78, 5) is 28.0. The first-order valence-electron chi connectivity index (χ1n) is 8.08. The number of hydrogen-bond acceptors (Lipinski definition) is 3. The van der Waals surface area contributed by atoms with Gasteiger partial charge in [-0.3, -0.25) is 14.5 Å². The van der Waals surface area contributed by atoms with E-state index in [-0.39, 0.29) is 11.8 Å². The van der Waals surface area contributed by atoms with Crippen molar-refractivity contribution < 1.29 is 14.7 Å². The van der Waals surface area contributed by atoms with Gasteiger partial charge in [0.15, 0.2) is 0 Å². The summed E-state index contributed by atoms with van der Waals surface area (Å²) in [6.07, 6.45) is 2.92. The van der Waals surface area contributed by atoms with E-state index in [9.17, 15) is 14.7 Å². The Balaban J connectivity index is 1.93. The molecule has 21 heavy (non-hydrogen) atoms. The van der Waals surface area contributed by atoms with Crippen LogP contribution in [0.5, 0.6) is 0 Å². The number of aliphatic carboxylic acids is 1. The van der Waals surface area contributed by atoms with Gasteiger partial charge in [-0.2, -0.15) is 0 Å². The van der Waals surface area contributed by atoms with Gasteiger partial charge in [0.25, 0.3) is 0 Å². The van der Waals surface area contributed by atoms with E-state index in [1.165, 1.54) is 6.42 Å². The van der Waals surface area contributed by atoms with Gasteiger partial charge in [0.05, 0.1) is 12.0 Å². The summed E-state index contributed by atoms with van der Waals surface area (Å²) in [5.74, 6) is 0.103. The first-order valence-corrected chi connectivity index (χ1v) is 8.08. The molecule has 1 amide bonds. The molecule has 0 aromatic carbocycles. The van der Waals surface area contributed by atoms with E-state index in [1.54, 1.807) is 0 Å². The van der Waals surface area contributed by atoms with E-state index >= 15 is 0 Å². The monoisotopic (exact) mass is 296 g/mol. The molecule has 120 valence electrons. The summed E-state index contributed by atoms with van der Waals surface area (Å²) in [5.41, 5.74) is -0.685. The molecule has 5 nitrogen and oxygen atoms in total. The van der Waals surface area contributed by atoms with Crippen LogP contribution in [0.3, 0.4) is 0 Å². The van der Waals surface area contributed by atoms with E-state index in [0.717, 1.165) is 19.5 Å². The molecule has 1 N–H and O–H groups in total. The molecule has 2 heterocycles. The fourth-order valence-electron chi connectivity index (χ4n) is 3.65. The minimum absolute atomic E-state index is 0.0881. The fraction of sp³-hybridized carbons (Fsp3) is 0.875. The number of hydrogen-bond donors (Lipinski definition) is 1. The van der Waals surface area contributed by atoms with Crippen LogP contribution in [-0.2, 0) is 9.59 Å². The molecule has 0 aromatic heterocycles. The van der Waals surface area contributed by atoms with Gasteiger partial charge in [-0.05, 0) is 37.6 Å². The second-order valence-corrected chi connectivity index (χ2v) is 7.16. The second-order valence-electron chi connectivity index (χ2n) is 7.16. The first-order chi connectivity index (χ1) is 9.85. The largest absolute Gasteiger partial charge is 0.481 e. The molecule has 0 aliphatic carbocycles. The van der Waals surface area contributed by atoms with Crippen molar-refractivity contribution in [3.05, 3.63) is 0 Å². The van der Waals surface area contributed by atoms with Crippen LogP contribution in [0.2, 0.25) is 0 Å². The lowest BCUT2D eigenvalue weighted by atomic mass is 9.76. The Kier molecular flexibility index (Phi) is 4.91. The van der Waals surface area contributed by atoms with E-state index in [2.05, 4.69) is 6.92 Å². The predicted octanol–water partition coefficient (Wildman–Crippen LogP) is 1.68. The van der Waals surface area contributed by atoms with E-state index in [1.807, 2.05) is 23.6 Å². The Labute approximate surface area is 127 Å². The Morgan fingerprint density at radius 3 is 2.57 bits per heavy atom. The van der Waals surface area contributed by atoms with Crippen molar-refractivity contribution in [2.45, 2.75) is 40.0 Å². The Bertz CT molecular complexity index is 410. The maximum absolute atomic E-state index is 12.4. The van der Waals surface area contributed by atoms with Crippen LogP contribution >= 0.6 is 0 Å². The lowest BCUT2D eigenvalue weighted by Crippen LogP contribution is -2.45. The molecule has 0 saturated carbocycles. The zero-order valence-electron chi connectivity index (χ0n) is 13.5. The molecule has 2 rings (SSSR count). The molecular weight excluding hydrogens is 268 g/mol. The van der Waals surface area contributed by atoms with Crippen LogP contribution in [0.1, 0.15) is 40.0 Å². The third kappa shape index (κ3) is 3.39. The third-order valence-electron chi connectivity index (χ3n) is 5.28. The van der Waals surface area contributed by atoms with E-state index < -0.39 is 11.4 Å². The van der Waals surface area contributed by atoms with Crippen LogP contribution in [-0.4, -0.2) is 59.5 Å². The molecule has 0 radical (unpaired) electrons. The second kappa shape index (κ2) is 6.34. The highest BCUT2D eigenvalue weighted by Crippen LogP contribution is 2.38. The van der Waals surface area contributed by atoms with Gasteiger partial charge < -0.3 is 10.0 Å². The fourth-order valence-corrected chi connectivity index (χ4v) is 3.65.